The Balaban J connectivity index is 0.00000137. The normalized spacial score (nSPS) is 9.56. The van der Waals surface area contributed by atoms with E-state index in [2.05, 4.69) is 42.9 Å². The van der Waals surface area contributed by atoms with Crippen molar-refractivity contribution in [1.82, 2.24) is 0 Å². The average molecular weight is 246 g/mol. The molecule has 0 radical (unpaired) electrons. The van der Waals surface area contributed by atoms with Gasteiger partial charge in [0.2, 0.25) is 0 Å². The summed E-state index contributed by atoms with van der Waals surface area (Å²) in [6, 6.07) is 4.43. The Morgan fingerprint density at radius 3 is 2.44 bits per heavy atom. The molecule has 0 aliphatic heterocycles. The molecule has 1 aromatic heterocycles. The van der Waals surface area contributed by atoms with Gasteiger partial charge in [-0.15, -0.1) is 0 Å². The highest BCUT2D eigenvalue weighted by atomic mass is 14.9. The van der Waals surface area contributed by atoms with Gasteiger partial charge < -0.3 is 11.8 Å². The maximum atomic E-state index is 6.25. The van der Waals surface area contributed by atoms with Gasteiger partial charge in [-0.1, -0.05) is 33.1 Å². The quantitative estimate of drug-likeness (QED) is 0.387. The van der Waals surface area contributed by atoms with Crippen molar-refractivity contribution >= 4 is 0 Å². The third-order valence-corrected chi connectivity index (χ3v) is 3.01. The van der Waals surface area contributed by atoms with Crippen molar-refractivity contribution < 1.29 is 4.57 Å². The van der Waals surface area contributed by atoms with Gasteiger partial charge in [-0.25, -0.2) is 4.57 Å². The molecule has 0 saturated carbocycles. The molecule has 1 rings (SSSR count). The van der Waals surface area contributed by atoms with E-state index in [4.69, 9.17) is 11.8 Å². The molecule has 0 spiro atoms. The Bertz CT molecular complexity index is 318. The van der Waals surface area contributed by atoms with E-state index in [9.17, 15) is 0 Å². The molecule has 0 aliphatic carbocycles. The van der Waals surface area contributed by atoms with E-state index >= 15 is 0 Å². The van der Waals surface area contributed by atoms with E-state index in [-0.39, 0.29) is 0 Å². The molecular weight excluding hydrogens is 220 g/mol. The Labute approximate surface area is 112 Å². The van der Waals surface area contributed by atoms with Gasteiger partial charge >= 0.3 is 0 Å². The van der Waals surface area contributed by atoms with E-state index in [1.54, 1.807) is 0 Å². The minimum atomic E-state index is 1.18. The standard InChI is InChI=1S/C15H26N.CN/c1-3-5-7-8-12-16-13-9-11-15(14-16)10-6-4-2;1-2/h9,11,13-14H,3-8,10,12H2,1-2H3;/q+1;-1. The molecule has 0 unspecified atom stereocenters. The summed E-state index contributed by atoms with van der Waals surface area (Å²) in [5.74, 6) is 0. The number of pyridine rings is 1. The number of nitrogens with zero attached hydrogens (tertiary/aromatic N) is 2. The van der Waals surface area contributed by atoms with Gasteiger partial charge in [0, 0.05) is 18.1 Å². The lowest BCUT2D eigenvalue weighted by Crippen LogP contribution is -2.33. The summed E-state index contributed by atoms with van der Waals surface area (Å²) < 4.78 is 2.35. The number of aryl methyl sites for hydroxylation is 2. The first-order valence-corrected chi connectivity index (χ1v) is 7.07. The molecule has 0 atom stereocenters. The molecule has 0 fully saturated rings. The van der Waals surface area contributed by atoms with Crippen LogP contribution in [0.15, 0.2) is 24.5 Å². The maximum absolute atomic E-state index is 6.25. The smallest absolute Gasteiger partial charge is 0.171 e. The van der Waals surface area contributed by atoms with Crippen molar-refractivity contribution in [2.75, 3.05) is 0 Å². The lowest BCUT2D eigenvalue weighted by molar-refractivity contribution is -0.697. The van der Waals surface area contributed by atoms with Gasteiger partial charge in [-0.05, 0) is 25.3 Å². The van der Waals surface area contributed by atoms with Crippen LogP contribution in [-0.2, 0) is 13.0 Å². The molecule has 0 amide bonds. The molecule has 100 valence electrons. The third-order valence-electron chi connectivity index (χ3n) is 3.01. The third kappa shape index (κ3) is 7.84. The molecular formula is C16H26N2. The zero-order valence-corrected chi connectivity index (χ0v) is 11.9. The van der Waals surface area contributed by atoms with Gasteiger partial charge in [-0.2, -0.15) is 0 Å². The van der Waals surface area contributed by atoms with Crippen LogP contribution in [0, 0.1) is 11.8 Å². The summed E-state index contributed by atoms with van der Waals surface area (Å²) in [4.78, 5) is 0. The average Bonchev–Trinajstić information content (AvgIpc) is 2.44. The van der Waals surface area contributed by atoms with Crippen LogP contribution in [0.2, 0.25) is 0 Å². The zero-order valence-electron chi connectivity index (χ0n) is 11.9. The predicted octanol–water partition coefficient (Wildman–Crippen LogP) is 3.99. The molecule has 1 heterocycles. The summed E-state index contributed by atoms with van der Waals surface area (Å²) in [5.41, 5.74) is 1.49. The molecule has 1 aromatic rings. The van der Waals surface area contributed by atoms with Crippen molar-refractivity contribution in [2.24, 2.45) is 0 Å². The summed E-state index contributed by atoms with van der Waals surface area (Å²) in [5, 5.41) is 6.25. The highest BCUT2D eigenvalue weighted by Gasteiger charge is 2.02. The van der Waals surface area contributed by atoms with E-state index < -0.39 is 0 Å². The SMILES string of the molecule is CCCCCC[n+]1cccc(CCCC)c1.[C-]#N. The molecule has 18 heavy (non-hydrogen) atoms. The fourth-order valence-corrected chi connectivity index (χ4v) is 1.97. The Morgan fingerprint density at radius 2 is 1.78 bits per heavy atom. The van der Waals surface area contributed by atoms with Gasteiger partial charge in [0.25, 0.3) is 0 Å². The molecule has 0 aromatic carbocycles. The van der Waals surface area contributed by atoms with Crippen LogP contribution in [-0.4, -0.2) is 0 Å². The van der Waals surface area contributed by atoms with Crippen molar-refractivity contribution in [2.45, 2.75) is 65.3 Å². The Morgan fingerprint density at radius 1 is 1.06 bits per heavy atom. The first-order chi connectivity index (χ1) is 8.86. The zero-order chi connectivity index (χ0) is 13.6. The monoisotopic (exact) mass is 246 g/mol. The lowest BCUT2D eigenvalue weighted by atomic mass is 10.1. The number of rotatable bonds is 8. The Hall–Kier alpha value is -1.36. The van der Waals surface area contributed by atoms with Crippen molar-refractivity contribution in [3.8, 4) is 0 Å². The second kappa shape index (κ2) is 12.1. The van der Waals surface area contributed by atoms with E-state index in [1.165, 1.54) is 57.1 Å². The van der Waals surface area contributed by atoms with E-state index in [1.807, 2.05) is 0 Å². The first-order valence-electron chi connectivity index (χ1n) is 7.07. The van der Waals surface area contributed by atoms with Gasteiger partial charge in [0.1, 0.15) is 6.54 Å². The van der Waals surface area contributed by atoms with Gasteiger partial charge in [0.15, 0.2) is 12.4 Å². The number of hydrogen-bond donors (Lipinski definition) is 0. The topological polar surface area (TPSA) is 27.7 Å². The van der Waals surface area contributed by atoms with E-state index in [0.717, 1.165) is 0 Å². The van der Waals surface area contributed by atoms with Gasteiger partial charge in [0.05, 0.1) is 0 Å². The Kier molecular flexibility index (Phi) is 11.2. The predicted molar refractivity (Wildman–Crippen MR) is 74.4 cm³/mol. The van der Waals surface area contributed by atoms with E-state index in [0.29, 0.717) is 0 Å². The summed E-state index contributed by atoms with van der Waals surface area (Å²) in [6.07, 6.45) is 13.7. The van der Waals surface area contributed by atoms with Crippen LogP contribution in [0.4, 0.5) is 0 Å². The maximum Gasteiger partial charge on any atom is 0.171 e. The number of unbranched alkanes of at least 4 members (excludes halogenated alkanes) is 4. The fourth-order valence-electron chi connectivity index (χ4n) is 1.97. The molecule has 2 heteroatoms. The molecule has 2 nitrogen and oxygen atoms in total. The molecule has 0 aliphatic rings. The molecule has 0 N–H and O–H groups in total. The highest BCUT2D eigenvalue weighted by molar-refractivity contribution is 5.05. The van der Waals surface area contributed by atoms with Crippen molar-refractivity contribution in [1.29, 1.82) is 5.26 Å². The second-order valence-corrected chi connectivity index (χ2v) is 4.61. The largest absolute Gasteiger partial charge is 0.512 e. The van der Waals surface area contributed by atoms with Gasteiger partial charge in [-0.3, -0.25) is 0 Å². The summed E-state index contributed by atoms with van der Waals surface area (Å²) >= 11 is 0. The molecule has 0 bridgehead atoms. The minimum Gasteiger partial charge on any atom is -0.512 e. The first kappa shape index (κ1) is 16.6. The number of aromatic nitrogens is 1. The van der Waals surface area contributed by atoms with Crippen LogP contribution in [0.25, 0.3) is 0 Å². The summed E-state index contributed by atoms with van der Waals surface area (Å²) in [6.45, 7) is 10.4. The van der Waals surface area contributed by atoms with Crippen molar-refractivity contribution in [3.05, 3.63) is 36.7 Å². The highest BCUT2D eigenvalue weighted by Crippen LogP contribution is 2.02. The van der Waals surface area contributed by atoms with Crippen LogP contribution in [0.5, 0.6) is 0 Å². The van der Waals surface area contributed by atoms with Crippen LogP contribution < -0.4 is 4.57 Å². The van der Waals surface area contributed by atoms with Crippen molar-refractivity contribution in [3.63, 3.8) is 0 Å². The minimum absolute atomic E-state index is 1.18. The lowest BCUT2D eigenvalue weighted by Gasteiger charge is -2.00. The van der Waals surface area contributed by atoms with Crippen LogP contribution >= 0.6 is 0 Å². The molecule has 0 saturated heterocycles. The number of hydrogen-bond acceptors (Lipinski definition) is 1. The summed E-state index contributed by atoms with van der Waals surface area (Å²) in [7, 11) is 0. The van der Waals surface area contributed by atoms with Crippen LogP contribution in [0.3, 0.4) is 0 Å². The van der Waals surface area contributed by atoms with Crippen LogP contribution in [0.1, 0.15) is 57.9 Å². The fraction of sp³-hybridized carbons (Fsp3) is 0.625. The second-order valence-electron chi connectivity index (χ2n) is 4.61.